The van der Waals surface area contributed by atoms with E-state index >= 15 is 0 Å². The van der Waals surface area contributed by atoms with Crippen molar-refractivity contribution in [2.24, 2.45) is 5.41 Å². The highest BCUT2D eigenvalue weighted by Gasteiger charge is 2.16. The summed E-state index contributed by atoms with van der Waals surface area (Å²) in [7, 11) is 4.23. The van der Waals surface area contributed by atoms with Crippen LogP contribution in [0.3, 0.4) is 0 Å². The second kappa shape index (κ2) is 8.49. The predicted octanol–water partition coefficient (Wildman–Crippen LogP) is 2.59. The average molecular weight is 239 g/mol. The molecular weight excluding hydrogens is 210 g/mol. The zero-order chi connectivity index (χ0) is 13.3. The molecule has 0 saturated heterocycles. The lowest BCUT2D eigenvalue weighted by Gasteiger charge is -2.23. The van der Waals surface area contributed by atoms with Gasteiger partial charge in [-0.3, -0.25) is 0 Å². The summed E-state index contributed by atoms with van der Waals surface area (Å²) in [5.41, 5.74) is -0.164. The van der Waals surface area contributed by atoms with Gasteiger partial charge in [-0.15, -0.1) is 0 Å². The van der Waals surface area contributed by atoms with Crippen LogP contribution in [0.1, 0.15) is 40.0 Å². The normalized spacial score (nSPS) is 12.1. The van der Waals surface area contributed by atoms with Crippen molar-refractivity contribution in [1.82, 2.24) is 9.80 Å². The molecule has 0 N–H and O–H groups in total. The van der Waals surface area contributed by atoms with Gasteiger partial charge in [0.25, 0.3) is 0 Å². The van der Waals surface area contributed by atoms with Crippen molar-refractivity contribution in [2.45, 2.75) is 40.0 Å². The van der Waals surface area contributed by atoms with Crippen LogP contribution >= 0.6 is 0 Å². The molecule has 0 atom stereocenters. The molecule has 0 aliphatic heterocycles. The lowest BCUT2D eigenvalue weighted by molar-refractivity contribution is 0.251. The zero-order valence-corrected chi connectivity index (χ0v) is 12.3. The zero-order valence-electron chi connectivity index (χ0n) is 12.3. The highest BCUT2D eigenvalue weighted by Crippen LogP contribution is 2.20. The maximum absolute atomic E-state index is 8.95. The molecule has 100 valence electrons. The average Bonchev–Trinajstić information content (AvgIpc) is 2.26. The molecule has 0 aromatic carbocycles. The van der Waals surface area contributed by atoms with Gasteiger partial charge in [-0.25, -0.2) is 0 Å². The van der Waals surface area contributed by atoms with E-state index in [-0.39, 0.29) is 5.41 Å². The van der Waals surface area contributed by atoms with Gasteiger partial charge in [0.2, 0.25) is 0 Å². The first-order chi connectivity index (χ1) is 7.91. The molecule has 0 spiro atoms. The van der Waals surface area contributed by atoms with Gasteiger partial charge in [-0.2, -0.15) is 5.26 Å². The van der Waals surface area contributed by atoms with Crippen LogP contribution in [0.4, 0.5) is 0 Å². The number of nitrogens with zero attached hydrogens (tertiary/aromatic N) is 3. The fourth-order valence-electron chi connectivity index (χ4n) is 1.84. The summed E-state index contributed by atoms with van der Waals surface area (Å²) in [5.74, 6) is 0. The third-order valence-electron chi connectivity index (χ3n) is 3.11. The van der Waals surface area contributed by atoms with Crippen LogP contribution in [-0.4, -0.2) is 50.1 Å². The Hall–Kier alpha value is -0.590. The first kappa shape index (κ1) is 16.4. The quantitative estimate of drug-likeness (QED) is 0.619. The fraction of sp³-hybridized carbons (Fsp3) is 0.929. The molecule has 0 radical (unpaired) electrons. The molecule has 0 aromatic rings. The van der Waals surface area contributed by atoms with Gasteiger partial charge in [-0.05, 0) is 73.4 Å². The molecule has 0 heterocycles. The predicted molar refractivity (Wildman–Crippen MR) is 73.9 cm³/mol. The topological polar surface area (TPSA) is 30.3 Å². The molecule has 0 aliphatic rings. The van der Waals surface area contributed by atoms with Gasteiger partial charge in [0, 0.05) is 0 Å². The minimum absolute atomic E-state index is 0.164. The molecule has 0 rings (SSSR count). The minimum Gasteiger partial charge on any atom is -0.309 e. The van der Waals surface area contributed by atoms with E-state index in [0.29, 0.717) is 0 Å². The van der Waals surface area contributed by atoms with Crippen molar-refractivity contribution < 1.29 is 0 Å². The summed E-state index contributed by atoms with van der Waals surface area (Å²) in [6.45, 7) is 10.8. The Balaban J connectivity index is 3.72. The Morgan fingerprint density at radius 3 is 2.12 bits per heavy atom. The van der Waals surface area contributed by atoms with Crippen LogP contribution in [0.2, 0.25) is 0 Å². The van der Waals surface area contributed by atoms with Gasteiger partial charge in [0.1, 0.15) is 0 Å². The Bertz CT molecular complexity index is 228. The molecule has 0 fully saturated rings. The first-order valence-electron chi connectivity index (χ1n) is 6.69. The molecule has 0 saturated carbocycles. The van der Waals surface area contributed by atoms with Crippen LogP contribution in [0.25, 0.3) is 0 Å². The SMILES string of the molecule is CCN(CCCN(C)C)CCCC(C)(C)C#N. The van der Waals surface area contributed by atoms with Gasteiger partial charge in [0.05, 0.1) is 11.5 Å². The van der Waals surface area contributed by atoms with Crippen molar-refractivity contribution >= 4 is 0 Å². The summed E-state index contributed by atoms with van der Waals surface area (Å²) >= 11 is 0. The molecule has 0 unspecified atom stereocenters. The Morgan fingerprint density at radius 1 is 1.06 bits per heavy atom. The minimum atomic E-state index is -0.164. The van der Waals surface area contributed by atoms with Gasteiger partial charge in [0.15, 0.2) is 0 Å². The van der Waals surface area contributed by atoms with Crippen LogP contribution in [0, 0.1) is 16.7 Å². The van der Waals surface area contributed by atoms with E-state index in [0.717, 1.165) is 32.5 Å². The fourth-order valence-corrected chi connectivity index (χ4v) is 1.84. The molecule has 0 bridgehead atoms. The molecule has 3 heteroatoms. The summed E-state index contributed by atoms with van der Waals surface area (Å²) < 4.78 is 0. The van der Waals surface area contributed by atoms with E-state index in [1.54, 1.807) is 0 Å². The Kier molecular flexibility index (Phi) is 8.20. The van der Waals surface area contributed by atoms with Crippen molar-refractivity contribution in [2.75, 3.05) is 40.3 Å². The lowest BCUT2D eigenvalue weighted by atomic mass is 9.90. The first-order valence-corrected chi connectivity index (χ1v) is 6.69. The van der Waals surface area contributed by atoms with Crippen LogP contribution in [0.15, 0.2) is 0 Å². The summed E-state index contributed by atoms with van der Waals surface area (Å²) in [5, 5.41) is 8.95. The van der Waals surface area contributed by atoms with Gasteiger partial charge in [-0.1, -0.05) is 6.92 Å². The third-order valence-corrected chi connectivity index (χ3v) is 3.11. The lowest BCUT2D eigenvalue weighted by Crippen LogP contribution is -2.28. The van der Waals surface area contributed by atoms with E-state index in [1.165, 1.54) is 13.0 Å². The summed E-state index contributed by atoms with van der Waals surface area (Å²) in [6.07, 6.45) is 3.34. The smallest absolute Gasteiger partial charge is 0.0683 e. The van der Waals surface area contributed by atoms with Crippen molar-refractivity contribution in [3.63, 3.8) is 0 Å². The monoisotopic (exact) mass is 239 g/mol. The van der Waals surface area contributed by atoms with Crippen molar-refractivity contribution in [3.8, 4) is 6.07 Å². The number of rotatable bonds is 9. The van der Waals surface area contributed by atoms with E-state index < -0.39 is 0 Å². The molecule has 0 aromatic heterocycles. The van der Waals surface area contributed by atoms with Crippen molar-refractivity contribution in [1.29, 1.82) is 5.26 Å². The highest BCUT2D eigenvalue weighted by atomic mass is 15.1. The molecule has 0 aliphatic carbocycles. The van der Waals surface area contributed by atoms with E-state index in [1.807, 2.05) is 13.8 Å². The van der Waals surface area contributed by atoms with Crippen molar-refractivity contribution in [3.05, 3.63) is 0 Å². The van der Waals surface area contributed by atoms with E-state index in [2.05, 4.69) is 36.9 Å². The van der Waals surface area contributed by atoms with Gasteiger partial charge < -0.3 is 9.80 Å². The molecular formula is C14H29N3. The number of nitriles is 1. The number of hydrogen-bond donors (Lipinski definition) is 0. The van der Waals surface area contributed by atoms with Crippen LogP contribution in [0.5, 0.6) is 0 Å². The number of hydrogen-bond acceptors (Lipinski definition) is 3. The highest BCUT2D eigenvalue weighted by molar-refractivity contribution is 4.91. The van der Waals surface area contributed by atoms with Crippen LogP contribution < -0.4 is 0 Å². The van der Waals surface area contributed by atoms with E-state index in [9.17, 15) is 0 Å². The Morgan fingerprint density at radius 2 is 1.65 bits per heavy atom. The van der Waals surface area contributed by atoms with Crippen LogP contribution in [-0.2, 0) is 0 Å². The molecule has 3 nitrogen and oxygen atoms in total. The van der Waals surface area contributed by atoms with Gasteiger partial charge >= 0.3 is 0 Å². The second-order valence-corrected chi connectivity index (χ2v) is 5.69. The third kappa shape index (κ3) is 9.14. The maximum atomic E-state index is 8.95. The molecule has 0 amide bonds. The Labute approximate surface area is 107 Å². The second-order valence-electron chi connectivity index (χ2n) is 5.69. The largest absolute Gasteiger partial charge is 0.309 e. The molecule has 17 heavy (non-hydrogen) atoms. The summed E-state index contributed by atoms with van der Waals surface area (Å²) in [6, 6.07) is 2.37. The summed E-state index contributed by atoms with van der Waals surface area (Å²) in [4.78, 5) is 4.71. The maximum Gasteiger partial charge on any atom is 0.0683 e. The standard InChI is InChI=1S/C14H29N3/c1-6-17(12-8-10-16(4)5)11-7-9-14(2,3)13-15/h6-12H2,1-5H3. The van der Waals surface area contributed by atoms with E-state index in [4.69, 9.17) is 5.26 Å².